The molecular formula is C20H24N2OS. The number of nitrogens with zero attached hydrogens (tertiary/aromatic N) is 1. The first-order valence-electron chi connectivity index (χ1n) is 8.34. The van der Waals surface area contributed by atoms with Gasteiger partial charge in [0.25, 0.3) is 0 Å². The molecule has 0 atom stereocenters. The third kappa shape index (κ3) is 4.26. The zero-order valence-electron chi connectivity index (χ0n) is 14.5. The Morgan fingerprint density at radius 1 is 1.12 bits per heavy atom. The highest BCUT2D eigenvalue weighted by Gasteiger charge is 2.30. The highest BCUT2D eigenvalue weighted by atomic mass is 32.1. The number of hydrogen-bond acceptors (Lipinski definition) is 2. The molecule has 2 aromatic carbocycles. The van der Waals surface area contributed by atoms with Crippen molar-refractivity contribution in [2.45, 2.75) is 39.3 Å². The molecule has 24 heavy (non-hydrogen) atoms. The van der Waals surface area contributed by atoms with Crippen LogP contribution in [0.5, 0.6) is 5.75 Å². The number of nitrogens with one attached hydrogen (secondary N) is 1. The van der Waals surface area contributed by atoms with Gasteiger partial charge in [-0.05, 0) is 79.9 Å². The minimum absolute atomic E-state index is 0.554. The molecule has 0 radical (unpaired) electrons. The average Bonchev–Trinajstić information content (AvgIpc) is 3.36. The number of hydrogen-bond donors (Lipinski definition) is 1. The molecule has 0 heterocycles. The van der Waals surface area contributed by atoms with E-state index in [0.717, 1.165) is 23.1 Å². The van der Waals surface area contributed by atoms with Crippen LogP contribution < -0.4 is 10.1 Å². The Balaban J connectivity index is 1.71. The molecule has 2 aromatic rings. The second kappa shape index (κ2) is 7.22. The Morgan fingerprint density at radius 3 is 2.29 bits per heavy atom. The van der Waals surface area contributed by atoms with Crippen LogP contribution in [0.4, 0.5) is 5.69 Å². The summed E-state index contributed by atoms with van der Waals surface area (Å²) < 4.78 is 5.23. The second-order valence-electron chi connectivity index (χ2n) is 6.51. The van der Waals surface area contributed by atoms with Gasteiger partial charge in [-0.1, -0.05) is 18.2 Å². The van der Waals surface area contributed by atoms with Crippen molar-refractivity contribution in [3.05, 3.63) is 59.2 Å². The molecule has 0 bridgehead atoms. The minimum atomic E-state index is 0.554. The third-order valence-corrected chi connectivity index (χ3v) is 4.57. The maximum atomic E-state index is 5.70. The molecule has 1 N–H and O–H groups in total. The van der Waals surface area contributed by atoms with Gasteiger partial charge in [0.05, 0.1) is 7.11 Å². The SMILES string of the molecule is COc1ccc(CN(C(=S)Nc2cc(C)cc(C)c2)C2CC2)cc1. The number of methoxy groups -OCH3 is 1. The molecule has 1 aliphatic carbocycles. The van der Waals surface area contributed by atoms with E-state index in [1.165, 1.54) is 29.5 Å². The molecule has 126 valence electrons. The molecule has 1 saturated carbocycles. The van der Waals surface area contributed by atoms with Crippen LogP contribution in [0, 0.1) is 13.8 Å². The maximum absolute atomic E-state index is 5.70. The van der Waals surface area contributed by atoms with Gasteiger partial charge in [0.15, 0.2) is 5.11 Å². The molecule has 1 fully saturated rings. The first-order chi connectivity index (χ1) is 11.5. The van der Waals surface area contributed by atoms with Crippen molar-refractivity contribution in [2.24, 2.45) is 0 Å². The summed E-state index contributed by atoms with van der Waals surface area (Å²) in [5, 5.41) is 4.22. The van der Waals surface area contributed by atoms with Gasteiger partial charge in [-0.15, -0.1) is 0 Å². The van der Waals surface area contributed by atoms with Crippen LogP contribution in [0.1, 0.15) is 29.5 Å². The van der Waals surface area contributed by atoms with Crippen molar-refractivity contribution in [3.8, 4) is 5.75 Å². The number of thiocarbonyl (C=S) groups is 1. The van der Waals surface area contributed by atoms with Gasteiger partial charge in [-0.25, -0.2) is 0 Å². The molecule has 0 aliphatic heterocycles. The number of rotatable bonds is 5. The van der Waals surface area contributed by atoms with Crippen molar-refractivity contribution >= 4 is 23.0 Å². The maximum Gasteiger partial charge on any atom is 0.173 e. The number of anilines is 1. The summed E-state index contributed by atoms with van der Waals surface area (Å²) in [5.74, 6) is 0.882. The predicted molar refractivity (Wildman–Crippen MR) is 104 cm³/mol. The summed E-state index contributed by atoms with van der Waals surface area (Å²) in [5.41, 5.74) is 4.80. The standard InChI is InChI=1S/C20H24N2OS/c1-14-10-15(2)12-17(11-14)21-20(24)22(18-6-7-18)13-16-4-8-19(23-3)9-5-16/h4-5,8-12,18H,6-7,13H2,1-3H3,(H,21,24). The van der Waals surface area contributed by atoms with Crippen molar-refractivity contribution in [1.29, 1.82) is 0 Å². The number of benzene rings is 2. The lowest BCUT2D eigenvalue weighted by atomic mass is 10.1. The van der Waals surface area contributed by atoms with E-state index in [9.17, 15) is 0 Å². The smallest absolute Gasteiger partial charge is 0.173 e. The van der Waals surface area contributed by atoms with Gasteiger partial charge >= 0.3 is 0 Å². The Kier molecular flexibility index (Phi) is 5.05. The van der Waals surface area contributed by atoms with E-state index >= 15 is 0 Å². The van der Waals surface area contributed by atoms with Crippen molar-refractivity contribution in [2.75, 3.05) is 12.4 Å². The van der Waals surface area contributed by atoms with Crippen LogP contribution >= 0.6 is 12.2 Å². The molecule has 1 aliphatic rings. The average molecular weight is 340 g/mol. The van der Waals surface area contributed by atoms with Gasteiger partial charge in [0, 0.05) is 18.3 Å². The van der Waals surface area contributed by atoms with E-state index in [1.807, 2.05) is 12.1 Å². The highest BCUT2D eigenvalue weighted by molar-refractivity contribution is 7.80. The lowest BCUT2D eigenvalue weighted by molar-refractivity contribution is 0.405. The number of aryl methyl sites for hydroxylation is 2. The first-order valence-corrected chi connectivity index (χ1v) is 8.75. The summed E-state index contributed by atoms with van der Waals surface area (Å²) in [6.07, 6.45) is 2.43. The van der Waals surface area contributed by atoms with E-state index < -0.39 is 0 Å². The molecule has 0 unspecified atom stereocenters. The predicted octanol–water partition coefficient (Wildman–Crippen LogP) is 4.67. The lowest BCUT2D eigenvalue weighted by Crippen LogP contribution is -2.36. The van der Waals surface area contributed by atoms with Crippen LogP contribution in [0.2, 0.25) is 0 Å². The van der Waals surface area contributed by atoms with Crippen LogP contribution in [-0.4, -0.2) is 23.2 Å². The third-order valence-electron chi connectivity index (χ3n) is 4.23. The Labute approximate surface area is 149 Å². The van der Waals surface area contributed by atoms with Crippen LogP contribution in [0.15, 0.2) is 42.5 Å². The topological polar surface area (TPSA) is 24.5 Å². The Morgan fingerprint density at radius 2 is 1.75 bits per heavy atom. The fourth-order valence-electron chi connectivity index (χ4n) is 2.92. The summed E-state index contributed by atoms with van der Waals surface area (Å²) in [6, 6.07) is 15.2. The Hall–Kier alpha value is -2.07. The van der Waals surface area contributed by atoms with E-state index in [4.69, 9.17) is 17.0 Å². The second-order valence-corrected chi connectivity index (χ2v) is 6.90. The number of ether oxygens (including phenoxy) is 1. The van der Waals surface area contributed by atoms with E-state index in [2.05, 4.69) is 54.4 Å². The largest absolute Gasteiger partial charge is 0.497 e. The van der Waals surface area contributed by atoms with Crippen molar-refractivity contribution in [1.82, 2.24) is 4.90 Å². The van der Waals surface area contributed by atoms with Gasteiger partial charge in [0.2, 0.25) is 0 Å². The normalized spacial score (nSPS) is 13.5. The molecule has 0 aromatic heterocycles. The van der Waals surface area contributed by atoms with Crippen molar-refractivity contribution < 1.29 is 4.74 Å². The first kappa shape index (κ1) is 16.8. The fraction of sp³-hybridized carbons (Fsp3) is 0.350. The van der Waals surface area contributed by atoms with Gasteiger partial charge in [-0.2, -0.15) is 0 Å². The van der Waals surface area contributed by atoms with Crippen LogP contribution in [0.25, 0.3) is 0 Å². The molecule has 0 saturated heterocycles. The van der Waals surface area contributed by atoms with E-state index in [1.54, 1.807) is 7.11 Å². The molecule has 3 rings (SSSR count). The van der Waals surface area contributed by atoms with Gasteiger partial charge in [0.1, 0.15) is 5.75 Å². The van der Waals surface area contributed by atoms with E-state index in [0.29, 0.717) is 6.04 Å². The van der Waals surface area contributed by atoms with E-state index in [-0.39, 0.29) is 0 Å². The zero-order valence-corrected chi connectivity index (χ0v) is 15.3. The minimum Gasteiger partial charge on any atom is -0.497 e. The molecule has 4 heteroatoms. The molecule has 0 amide bonds. The summed E-state index contributed by atoms with van der Waals surface area (Å²) in [4.78, 5) is 2.30. The highest BCUT2D eigenvalue weighted by Crippen LogP contribution is 2.29. The van der Waals surface area contributed by atoms with Crippen LogP contribution in [0.3, 0.4) is 0 Å². The molecular weight excluding hydrogens is 316 g/mol. The Bertz CT molecular complexity index is 703. The van der Waals surface area contributed by atoms with Gasteiger partial charge < -0.3 is 15.0 Å². The monoisotopic (exact) mass is 340 g/mol. The quantitative estimate of drug-likeness (QED) is 0.799. The van der Waals surface area contributed by atoms with Crippen LogP contribution in [-0.2, 0) is 6.54 Å². The summed E-state index contributed by atoms with van der Waals surface area (Å²) in [7, 11) is 1.69. The molecule has 3 nitrogen and oxygen atoms in total. The fourth-order valence-corrected chi connectivity index (χ4v) is 3.25. The van der Waals surface area contributed by atoms with Gasteiger partial charge in [-0.3, -0.25) is 0 Å². The summed E-state index contributed by atoms with van der Waals surface area (Å²) in [6.45, 7) is 5.04. The lowest BCUT2D eigenvalue weighted by Gasteiger charge is -2.26. The summed E-state index contributed by atoms with van der Waals surface area (Å²) >= 11 is 5.70. The zero-order chi connectivity index (χ0) is 17.1. The van der Waals surface area contributed by atoms with Crippen molar-refractivity contribution in [3.63, 3.8) is 0 Å². The molecule has 0 spiro atoms.